The van der Waals surface area contributed by atoms with Gasteiger partial charge in [-0.25, -0.2) is 9.59 Å². The second kappa shape index (κ2) is 7.58. The van der Waals surface area contributed by atoms with Crippen LogP contribution in [0.3, 0.4) is 0 Å². The van der Waals surface area contributed by atoms with Crippen LogP contribution in [0.4, 0.5) is 9.59 Å². The number of fused-ring (bicyclic) bond motifs is 2. The van der Waals surface area contributed by atoms with Crippen LogP contribution in [0.1, 0.15) is 39.2 Å². The number of carbonyl (C=O) groups is 3. The van der Waals surface area contributed by atoms with E-state index in [9.17, 15) is 14.4 Å². The van der Waals surface area contributed by atoms with Crippen LogP contribution in [-0.2, 0) is 20.9 Å². The summed E-state index contributed by atoms with van der Waals surface area (Å²) in [7, 11) is 0. The highest BCUT2D eigenvalue weighted by Gasteiger charge is 2.51. The van der Waals surface area contributed by atoms with Gasteiger partial charge in [0.25, 0.3) is 0 Å². The minimum Gasteiger partial charge on any atom is -0.445 e. The van der Waals surface area contributed by atoms with Crippen molar-refractivity contribution in [3.8, 4) is 0 Å². The lowest BCUT2D eigenvalue weighted by Gasteiger charge is -2.44. The lowest BCUT2D eigenvalue weighted by Crippen LogP contribution is -2.63. The van der Waals surface area contributed by atoms with Gasteiger partial charge in [0.05, 0.1) is 12.1 Å². The molecule has 2 aliphatic rings. The molecule has 0 aromatic heterocycles. The summed E-state index contributed by atoms with van der Waals surface area (Å²) in [6, 6.07) is 8.11. The molecule has 7 heteroatoms. The second-order valence-corrected chi connectivity index (χ2v) is 8.01. The van der Waals surface area contributed by atoms with Gasteiger partial charge in [-0.3, -0.25) is 9.80 Å². The summed E-state index contributed by atoms with van der Waals surface area (Å²) >= 11 is 0. The number of benzene rings is 1. The third-order valence-corrected chi connectivity index (χ3v) is 4.89. The van der Waals surface area contributed by atoms with Gasteiger partial charge in [-0.05, 0) is 39.2 Å². The fraction of sp³-hybridized carbons (Fsp3) is 0.550. The Bertz CT molecular complexity index is 700. The number of hydrogen-bond acceptors (Lipinski definition) is 5. The second-order valence-electron chi connectivity index (χ2n) is 8.01. The molecule has 2 aliphatic heterocycles. The Balaban J connectivity index is 1.68. The summed E-state index contributed by atoms with van der Waals surface area (Å²) in [6.07, 6.45) is 1.16. The van der Waals surface area contributed by atoms with Gasteiger partial charge in [0.2, 0.25) is 0 Å². The van der Waals surface area contributed by atoms with Gasteiger partial charge in [-0.1, -0.05) is 30.3 Å². The number of hydrogen-bond donors (Lipinski definition) is 0. The number of ether oxygens (including phenoxy) is 2. The van der Waals surface area contributed by atoms with Crippen molar-refractivity contribution in [1.82, 2.24) is 9.80 Å². The van der Waals surface area contributed by atoms with E-state index in [1.165, 1.54) is 4.90 Å². The van der Waals surface area contributed by atoms with Crippen molar-refractivity contribution in [2.45, 2.75) is 63.9 Å². The molecule has 3 atom stereocenters. The Hall–Kier alpha value is -2.57. The van der Waals surface area contributed by atoms with Gasteiger partial charge in [-0.2, -0.15) is 0 Å². The first-order valence-corrected chi connectivity index (χ1v) is 9.24. The van der Waals surface area contributed by atoms with Crippen LogP contribution in [0, 0.1) is 0 Å². The van der Waals surface area contributed by atoms with E-state index in [1.54, 1.807) is 25.7 Å². The van der Waals surface area contributed by atoms with Crippen molar-refractivity contribution in [2.75, 3.05) is 6.54 Å². The van der Waals surface area contributed by atoms with E-state index in [4.69, 9.17) is 9.47 Å². The van der Waals surface area contributed by atoms with E-state index in [-0.39, 0.29) is 25.2 Å². The molecule has 0 unspecified atom stereocenters. The SMILES string of the molecule is CC(C)(C)OC(=O)N1[C@H]2CC[C@@H]1[C@H](C=O)N(C(=O)OCc1ccccc1)C2. The lowest BCUT2D eigenvalue weighted by atomic mass is 10.1. The first-order valence-electron chi connectivity index (χ1n) is 9.24. The zero-order valence-electron chi connectivity index (χ0n) is 16.0. The fourth-order valence-corrected chi connectivity index (χ4v) is 3.74. The number of carbonyl (C=O) groups excluding carboxylic acids is 3. The Morgan fingerprint density at radius 3 is 2.48 bits per heavy atom. The quantitative estimate of drug-likeness (QED) is 0.760. The molecular formula is C20H26N2O5. The summed E-state index contributed by atoms with van der Waals surface area (Å²) in [4.78, 5) is 40.0. The molecule has 0 N–H and O–H groups in total. The smallest absolute Gasteiger partial charge is 0.410 e. The summed E-state index contributed by atoms with van der Waals surface area (Å²) in [5.41, 5.74) is 0.266. The maximum atomic E-state index is 12.6. The highest BCUT2D eigenvalue weighted by Crippen LogP contribution is 2.35. The normalized spacial score (nSPS) is 24.5. The van der Waals surface area contributed by atoms with Gasteiger partial charge in [0.1, 0.15) is 24.5 Å². The van der Waals surface area contributed by atoms with Crippen molar-refractivity contribution in [2.24, 2.45) is 0 Å². The fourth-order valence-electron chi connectivity index (χ4n) is 3.74. The minimum absolute atomic E-state index is 0.146. The van der Waals surface area contributed by atoms with Gasteiger partial charge >= 0.3 is 12.2 Å². The van der Waals surface area contributed by atoms with Crippen molar-refractivity contribution >= 4 is 18.5 Å². The minimum atomic E-state index is -0.723. The van der Waals surface area contributed by atoms with Gasteiger partial charge < -0.3 is 14.3 Å². The summed E-state index contributed by atoms with van der Waals surface area (Å²) in [6.45, 7) is 5.84. The zero-order chi connectivity index (χ0) is 19.6. The van der Waals surface area contributed by atoms with Gasteiger partial charge in [-0.15, -0.1) is 0 Å². The Morgan fingerprint density at radius 2 is 1.85 bits per heavy atom. The number of aldehydes is 1. The highest BCUT2D eigenvalue weighted by molar-refractivity contribution is 5.77. The van der Waals surface area contributed by atoms with Crippen molar-refractivity contribution in [1.29, 1.82) is 0 Å². The summed E-state index contributed by atoms with van der Waals surface area (Å²) < 4.78 is 10.9. The Kier molecular flexibility index (Phi) is 5.39. The molecule has 2 heterocycles. The molecule has 0 spiro atoms. The van der Waals surface area contributed by atoms with Crippen LogP contribution < -0.4 is 0 Å². The topological polar surface area (TPSA) is 76.2 Å². The zero-order valence-corrected chi connectivity index (χ0v) is 16.0. The number of rotatable bonds is 3. The predicted molar refractivity (Wildman–Crippen MR) is 98.1 cm³/mol. The molecule has 7 nitrogen and oxygen atoms in total. The van der Waals surface area contributed by atoms with Crippen LogP contribution in [0.2, 0.25) is 0 Å². The predicted octanol–water partition coefficient (Wildman–Crippen LogP) is 2.97. The van der Waals surface area contributed by atoms with Gasteiger partial charge in [0, 0.05) is 6.54 Å². The van der Waals surface area contributed by atoms with Crippen molar-refractivity contribution in [3.63, 3.8) is 0 Å². The van der Waals surface area contributed by atoms with E-state index in [0.717, 1.165) is 18.3 Å². The number of amides is 2. The van der Waals surface area contributed by atoms with E-state index in [2.05, 4.69) is 0 Å². The lowest BCUT2D eigenvalue weighted by molar-refractivity contribution is -0.116. The Morgan fingerprint density at radius 1 is 1.15 bits per heavy atom. The molecule has 1 aromatic carbocycles. The van der Waals surface area contributed by atoms with E-state index in [1.807, 2.05) is 30.3 Å². The molecular weight excluding hydrogens is 348 g/mol. The average molecular weight is 374 g/mol. The van der Waals surface area contributed by atoms with E-state index >= 15 is 0 Å². The Labute approximate surface area is 159 Å². The largest absolute Gasteiger partial charge is 0.445 e. The van der Waals surface area contributed by atoms with Crippen molar-refractivity contribution < 1.29 is 23.9 Å². The van der Waals surface area contributed by atoms with Crippen molar-refractivity contribution in [3.05, 3.63) is 35.9 Å². The number of piperazine rings is 1. The average Bonchev–Trinajstić information content (AvgIpc) is 2.94. The molecule has 0 radical (unpaired) electrons. The molecule has 2 amide bonds. The van der Waals surface area contributed by atoms with Crippen LogP contribution in [0.25, 0.3) is 0 Å². The standard InChI is InChI=1S/C20H26N2O5/c1-20(2,3)27-19(25)22-15-9-10-16(22)17(12-23)21(11-15)18(24)26-13-14-7-5-4-6-8-14/h4-8,12,15-17H,9-11,13H2,1-3H3/t15-,16+,17-/m0/s1. The molecule has 1 aromatic rings. The highest BCUT2D eigenvalue weighted by atomic mass is 16.6. The van der Waals surface area contributed by atoms with E-state index in [0.29, 0.717) is 6.42 Å². The van der Waals surface area contributed by atoms with Gasteiger partial charge in [0.15, 0.2) is 0 Å². The third-order valence-electron chi connectivity index (χ3n) is 4.89. The summed E-state index contributed by atoms with van der Waals surface area (Å²) in [5, 5.41) is 0. The molecule has 27 heavy (non-hydrogen) atoms. The first kappa shape index (κ1) is 19.2. The molecule has 0 aliphatic carbocycles. The molecule has 2 saturated heterocycles. The number of likely N-dealkylation sites (tertiary alicyclic amines) is 1. The molecule has 3 rings (SSSR count). The third kappa shape index (κ3) is 4.23. The van der Waals surface area contributed by atoms with E-state index < -0.39 is 23.8 Å². The molecule has 2 fully saturated rings. The van der Waals surface area contributed by atoms with Crippen LogP contribution in [0.5, 0.6) is 0 Å². The summed E-state index contributed by atoms with van der Waals surface area (Å²) in [5.74, 6) is 0. The van der Waals surface area contributed by atoms with Crippen LogP contribution in [-0.4, -0.2) is 58.5 Å². The maximum absolute atomic E-state index is 12.6. The molecule has 0 saturated carbocycles. The first-order chi connectivity index (χ1) is 12.8. The monoisotopic (exact) mass is 374 g/mol. The molecule has 2 bridgehead atoms. The van der Waals surface area contributed by atoms with Crippen LogP contribution in [0.15, 0.2) is 30.3 Å². The number of nitrogens with zero attached hydrogens (tertiary/aromatic N) is 2. The maximum Gasteiger partial charge on any atom is 0.410 e. The molecule has 146 valence electrons. The van der Waals surface area contributed by atoms with Crippen LogP contribution >= 0.6 is 0 Å².